The maximum Gasteiger partial charge on any atom is 0.339 e. The number of methoxy groups -OCH3 is 2. The van der Waals surface area contributed by atoms with Crippen LogP contribution in [-0.2, 0) is 15.9 Å². The molecule has 2 aromatic heterocycles. The molecule has 0 aliphatic carbocycles. The van der Waals surface area contributed by atoms with Crippen LogP contribution in [0.15, 0.2) is 12.3 Å². The Labute approximate surface area is 108 Å². The zero-order valence-electron chi connectivity index (χ0n) is 10.0. The summed E-state index contributed by atoms with van der Waals surface area (Å²) in [4.78, 5) is 11.5. The highest BCUT2D eigenvalue weighted by atomic mass is 35.5. The summed E-state index contributed by atoms with van der Waals surface area (Å²) in [5, 5.41) is 8.34. The van der Waals surface area contributed by atoms with Crippen LogP contribution in [0.25, 0.3) is 5.65 Å². The molecule has 0 aliphatic heterocycles. The second kappa shape index (κ2) is 5.32. The lowest BCUT2D eigenvalue weighted by molar-refractivity contribution is 0.0600. The minimum absolute atomic E-state index is 0.355. The summed E-state index contributed by atoms with van der Waals surface area (Å²) in [5.41, 5.74) is 0.865. The average molecular weight is 270 g/mol. The van der Waals surface area contributed by atoms with Gasteiger partial charge >= 0.3 is 5.97 Å². The first kappa shape index (κ1) is 12.8. The molecular weight excluding hydrogens is 258 g/mol. The summed E-state index contributed by atoms with van der Waals surface area (Å²) >= 11 is 6.05. The lowest BCUT2D eigenvalue weighted by Crippen LogP contribution is -2.06. The van der Waals surface area contributed by atoms with Gasteiger partial charge in [-0.15, -0.1) is 10.2 Å². The quantitative estimate of drug-likeness (QED) is 0.784. The number of carbonyl (C=O) groups is 1. The van der Waals surface area contributed by atoms with Crippen molar-refractivity contribution >= 4 is 23.2 Å². The van der Waals surface area contributed by atoms with E-state index in [1.807, 2.05) is 0 Å². The normalized spacial score (nSPS) is 10.8. The number of rotatable bonds is 4. The number of carbonyl (C=O) groups excluding carboxylic acids is 1. The third-order valence-corrected chi connectivity index (χ3v) is 2.76. The van der Waals surface area contributed by atoms with E-state index < -0.39 is 5.97 Å². The predicted octanol–water partition coefficient (Wildman–Crippen LogP) is 1.36. The molecule has 0 unspecified atom stereocenters. The molecule has 2 aromatic rings. The fraction of sp³-hybridized carbons (Fsp3) is 0.364. The van der Waals surface area contributed by atoms with Gasteiger partial charge in [-0.3, -0.25) is 4.40 Å². The van der Waals surface area contributed by atoms with Gasteiger partial charge in [-0.2, -0.15) is 0 Å². The summed E-state index contributed by atoms with van der Waals surface area (Å²) in [5.74, 6) is 0.227. The van der Waals surface area contributed by atoms with Gasteiger partial charge in [0.05, 0.1) is 24.3 Å². The van der Waals surface area contributed by atoms with Crippen molar-refractivity contribution in [2.24, 2.45) is 0 Å². The van der Waals surface area contributed by atoms with Crippen molar-refractivity contribution in [3.8, 4) is 0 Å². The van der Waals surface area contributed by atoms with E-state index in [-0.39, 0.29) is 0 Å². The molecule has 0 aliphatic rings. The fourth-order valence-electron chi connectivity index (χ4n) is 1.59. The molecule has 0 spiro atoms. The summed E-state index contributed by atoms with van der Waals surface area (Å²) in [6.45, 7) is 0.515. The molecule has 96 valence electrons. The van der Waals surface area contributed by atoms with Crippen molar-refractivity contribution in [2.75, 3.05) is 20.8 Å². The molecule has 0 aromatic carbocycles. The Morgan fingerprint density at radius 3 is 2.89 bits per heavy atom. The van der Waals surface area contributed by atoms with Gasteiger partial charge < -0.3 is 9.47 Å². The molecular formula is C11H12ClN3O3. The number of hydrogen-bond acceptors (Lipinski definition) is 5. The number of ether oxygens (including phenoxy) is 2. The van der Waals surface area contributed by atoms with Crippen LogP contribution in [-0.4, -0.2) is 41.4 Å². The molecule has 6 nitrogen and oxygen atoms in total. The molecule has 18 heavy (non-hydrogen) atoms. The second-order valence-corrected chi connectivity index (χ2v) is 4.03. The van der Waals surface area contributed by atoms with Crippen LogP contribution >= 0.6 is 11.6 Å². The van der Waals surface area contributed by atoms with Gasteiger partial charge in [0.2, 0.25) is 0 Å². The highest BCUT2D eigenvalue weighted by Crippen LogP contribution is 2.19. The molecule has 0 saturated carbocycles. The van der Waals surface area contributed by atoms with Crippen molar-refractivity contribution in [2.45, 2.75) is 6.42 Å². The first-order chi connectivity index (χ1) is 8.67. The minimum atomic E-state index is -0.454. The largest absolute Gasteiger partial charge is 0.465 e. The van der Waals surface area contributed by atoms with Gasteiger partial charge in [0.25, 0.3) is 0 Å². The van der Waals surface area contributed by atoms with E-state index in [0.717, 1.165) is 0 Å². The lowest BCUT2D eigenvalue weighted by atomic mass is 10.3. The van der Waals surface area contributed by atoms with E-state index in [9.17, 15) is 4.79 Å². The van der Waals surface area contributed by atoms with Gasteiger partial charge in [-0.05, 0) is 6.07 Å². The van der Waals surface area contributed by atoms with Crippen LogP contribution < -0.4 is 0 Å². The highest BCUT2D eigenvalue weighted by Gasteiger charge is 2.14. The second-order valence-electron chi connectivity index (χ2n) is 3.62. The van der Waals surface area contributed by atoms with E-state index in [0.29, 0.717) is 35.1 Å². The van der Waals surface area contributed by atoms with Crippen molar-refractivity contribution in [3.63, 3.8) is 0 Å². The topological polar surface area (TPSA) is 65.7 Å². The van der Waals surface area contributed by atoms with Crippen LogP contribution in [0.4, 0.5) is 0 Å². The summed E-state index contributed by atoms with van der Waals surface area (Å²) < 4.78 is 11.3. The van der Waals surface area contributed by atoms with Crippen LogP contribution in [0.1, 0.15) is 16.2 Å². The average Bonchev–Trinajstić information content (AvgIpc) is 2.79. The van der Waals surface area contributed by atoms with E-state index in [1.165, 1.54) is 13.2 Å². The zero-order chi connectivity index (χ0) is 13.1. The Bertz CT molecular complexity index is 582. The Hall–Kier alpha value is -1.66. The Morgan fingerprint density at radius 1 is 1.44 bits per heavy atom. The Kier molecular flexibility index (Phi) is 3.78. The van der Waals surface area contributed by atoms with Crippen LogP contribution in [0.2, 0.25) is 5.02 Å². The number of aromatic nitrogens is 3. The van der Waals surface area contributed by atoms with Crippen LogP contribution in [0, 0.1) is 0 Å². The van der Waals surface area contributed by atoms with Crippen LogP contribution in [0.3, 0.4) is 0 Å². The molecule has 2 rings (SSSR count). The van der Waals surface area contributed by atoms with Gasteiger partial charge in [-0.1, -0.05) is 11.6 Å². The zero-order valence-corrected chi connectivity index (χ0v) is 10.8. The molecule has 0 saturated heterocycles. The smallest absolute Gasteiger partial charge is 0.339 e. The molecule has 0 radical (unpaired) electrons. The minimum Gasteiger partial charge on any atom is -0.465 e. The first-order valence-electron chi connectivity index (χ1n) is 5.27. The number of halogens is 1. The van der Waals surface area contributed by atoms with E-state index in [2.05, 4.69) is 14.9 Å². The maximum atomic E-state index is 11.5. The summed E-state index contributed by atoms with van der Waals surface area (Å²) in [6.07, 6.45) is 2.19. The molecule has 7 heteroatoms. The molecule has 2 heterocycles. The Balaban J connectivity index is 2.50. The van der Waals surface area contributed by atoms with E-state index in [4.69, 9.17) is 16.3 Å². The van der Waals surface area contributed by atoms with E-state index >= 15 is 0 Å². The molecule has 0 fully saturated rings. The monoisotopic (exact) mass is 269 g/mol. The third kappa shape index (κ3) is 2.30. The molecule has 0 atom stereocenters. The Morgan fingerprint density at radius 2 is 2.22 bits per heavy atom. The van der Waals surface area contributed by atoms with Crippen molar-refractivity contribution < 1.29 is 14.3 Å². The molecule has 0 bridgehead atoms. The SMILES string of the molecule is COCCc1nnc2c(Cl)cc(C(=O)OC)cn12. The molecule has 0 N–H and O–H groups in total. The summed E-state index contributed by atoms with van der Waals surface area (Å²) in [6, 6.07) is 1.51. The number of esters is 1. The van der Waals surface area contributed by atoms with Crippen molar-refractivity contribution in [3.05, 3.63) is 28.7 Å². The number of fused-ring (bicyclic) bond motifs is 1. The molecule has 0 amide bonds. The van der Waals surface area contributed by atoms with Crippen molar-refractivity contribution in [1.82, 2.24) is 14.6 Å². The number of hydrogen-bond donors (Lipinski definition) is 0. The van der Waals surface area contributed by atoms with E-state index in [1.54, 1.807) is 17.7 Å². The van der Waals surface area contributed by atoms with Gasteiger partial charge in [0.1, 0.15) is 5.82 Å². The van der Waals surface area contributed by atoms with Gasteiger partial charge in [0, 0.05) is 19.7 Å². The highest BCUT2D eigenvalue weighted by molar-refractivity contribution is 6.33. The summed E-state index contributed by atoms with van der Waals surface area (Å²) in [7, 11) is 2.93. The van der Waals surface area contributed by atoms with Crippen LogP contribution in [0.5, 0.6) is 0 Å². The standard InChI is InChI=1S/C11H12ClN3O3/c1-17-4-3-9-13-14-10-8(12)5-7(6-15(9)10)11(16)18-2/h5-6H,3-4H2,1-2H3. The van der Waals surface area contributed by atoms with Gasteiger partial charge in [-0.25, -0.2) is 4.79 Å². The number of nitrogens with zero attached hydrogens (tertiary/aromatic N) is 3. The first-order valence-corrected chi connectivity index (χ1v) is 5.65. The number of pyridine rings is 1. The lowest BCUT2D eigenvalue weighted by Gasteiger charge is -2.04. The fourth-order valence-corrected chi connectivity index (χ4v) is 1.84. The van der Waals surface area contributed by atoms with Crippen molar-refractivity contribution in [1.29, 1.82) is 0 Å². The predicted molar refractivity (Wildman–Crippen MR) is 64.9 cm³/mol. The maximum absolute atomic E-state index is 11.5. The van der Waals surface area contributed by atoms with Gasteiger partial charge in [0.15, 0.2) is 5.65 Å². The third-order valence-electron chi connectivity index (χ3n) is 2.48.